The number of hydrogen-bond donors (Lipinski definition) is 1. The highest BCUT2D eigenvalue weighted by Gasteiger charge is 2.14. The summed E-state index contributed by atoms with van der Waals surface area (Å²) in [6.45, 7) is 6.89. The van der Waals surface area contributed by atoms with Crippen LogP contribution in [0.15, 0.2) is 28.7 Å². The maximum Gasteiger partial charge on any atom is 0.137 e. The van der Waals surface area contributed by atoms with Crippen molar-refractivity contribution in [1.29, 1.82) is 0 Å². The molecule has 21 heavy (non-hydrogen) atoms. The Bertz CT molecular complexity index is 623. The molecule has 0 aliphatic heterocycles. The molecule has 0 unspecified atom stereocenters. The molecular weight excluding hydrogens is 328 g/mol. The van der Waals surface area contributed by atoms with Gasteiger partial charge in [-0.05, 0) is 24.6 Å². The Morgan fingerprint density at radius 2 is 1.81 bits per heavy atom. The number of nitrogens with two attached hydrogens (primary N) is 1. The molecule has 0 atom stereocenters. The Hall–Kier alpha value is -1.62. The van der Waals surface area contributed by atoms with Gasteiger partial charge in [0.25, 0.3) is 0 Å². The fraction of sp³-hybridized carbons (Fsp3) is 0.375. The van der Waals surface area contributed by atoms with Crippen LogP contribution < -0.4 is 10.6 Å². The van der Waals surface area contributed by atoms with Crippen LogP contribution in [0.5, 0.6) is 0 Å². The fourth-order valence-corrected chi connectivity index (χ4v) is 2.37. The molecule has 0 amide bonds. The Morgan fingerprint density at radius 3 is 2.38 bits per heavy atom. The zero-order valence-electron chi connectivity index (χ0n) is 12.9. The van der Waals surface area contributed by atoms with Gasteiger partial charge in [-0.3, -0.25) is 0 Å². The van der Waals surface area contributed by atoms with Gasteiger partial charge in [-0.25, -0.2) is 9.97 Å². The minimum absolute atomic E-state index is 0.257. The van der Waals surface area contributed by atoms with Gasteiger partial charge < -0.3 is 10.6 Å². The van der Waals surface area contributed by atoms with Crippen molar-refractivity contribution in [2.24, 2.45) is 0 Å². The van der Waals surface area contributed by atoms with E-state index in [0.29, 0.717) is 5.82 Å². The van der Waals surface area contributed by atoms with Crippen molar-refractivity contribution < 1.29 is 0 Å². The van der Waals surface area contributed by atoms with Crippen LogP contribution in [0.25, 0.3) is 0 Å². The SMILES string of the molecule is Cc1c(N)nc(C(C)C)nc1N(C)Cc1ccc(Br)cc1. The average molecular weight is 349 g/mol. The van der Waals surface area contributed by atoms with Gasteiger partial charge in [-0.1, -0.05) is 41.9 Å². The van der Waals surface area contributed by atoms with Crippen LogP contribution in [0.1, 0.15) is 36.7 Å². The lowest BCUT2D eigenvalue weighted by atomic mass is 10.2. The molecule has 0 saturated heterocycles. The molecule has 0 bridgehead atoms. The van der Waals surface area contributed by atoms with Crippen LogP contribution in [-0.4, -0.2) is 17.0 Å². The summed E-state index contributed by atoms with van der Waals surface area (Å²) >= 11 is 3.45. The summed E-state index contributed by atoms with van der Waals surface area (Å²) in [6, 6.07) is 8.29. The summed E-state index contributed by atoms with van der Waals surface area (Å²) in [4.78, 5) is 11.2. The minimum atomic E-state index is 0.257. The Labute approximate surface area is 134 Å². The zero-order valence-corrected chi connectivity index (χ0v) is 14.5. The van der Waals surface area contributed by atoms with Crippen LogP contribution in [0, 0.1) is 6.92 Å². The summed E-state index contributed by atoms with van der Waals surface area (Å²) in [6.07, 6.45) is 0. The van der Waals surface area contributed by atoms with Crippen LogP contribution in [0.3, 0.4) is 0 Å². The first kappa shape index (κ1) is 15.8. The van der Waals surface area contributed by atoms with Crippen molar-refractivity contribution in [3.8, 4) is 0 Å². The van der Waals surface area contributed by atoms with Gasteiger partial charge in [0, 0.05) is 29.5 Å². The van der Waals surface area contributed by atoms with E-state index in [1.165, 1.54) is 5.56 Å². The molecule has 0 radical (unpaired) electrons. The van der Waals surface area contributed by atoms with E-state index in [9.17, 15) is 0 Å². The van der Waals surface area contributed by atoms with Gasteiger partial charge in [0.1, 0.15) is 17.5 Å². The lowest BCUT2D eigenvalue weighted by Gasteiger charge is -2.22. The number of anilines is 2. The van der Waals surface area contributed by atoms with Gasteiger partial charge in [0.15, 0.2) is 0 Å². The lowest BCUT2D eigenvalue weighted by molar-refractivity contribution is 0.761. The molecule has 1 heterocycles. The number of benzene rings is 1. The largest absolute Gasteiger partial charge is 0.383 e. The molecule has 2 aromatic rings. The van der Waals surface area contributed by atoms with E-state index in [-0.39, 0.29) is 5.92 Å². The standard InChI is InChI=1S/C16H21BrN4/c1-10(2)15-19-14(18)11(3)16(20-15)21(4)9-12-5-7-13(17)8-6-12/h5-8,10H,9H2,1-4H3,(H2,18,19,20). The van der Waals surface area contributed by atoms with Crippen molar-refractivity contribution >= 4 is 27.6 Å². The molecule has 0 aliphatic carbocycles. The number of nitrogens with zero attached hydrogens (tertiary/aromatic N) is 3. The van der Waals surface area contributed by atoms with E-state index < -0.39 is 0 Å². The van der Waals surface area contributed by atoms with Gasteiger partial charge in [0.05, 0.1) is 0 Å². The second-order valence-corrected chi connectivity index (χ2v) is 6.47. The molecule has 4 nitrogen and oxygen atoms in total. The topological polar surface area (TPSA) is 55.0 Å². The van der Waals surface area contributed by atoms with Crippen molar-refractivity contribution in [2.75, 3.05) is 17.7 Å². The minimum Gasteiger partial charge on any atom is -0.383 e. The molecule has 0 spiro atoms. The summed E-state index contributed by atoms with van der Waals surface area (Å²) in [5.74, 6) is 2.50. The van der Waals surface area contributed by atoms with E-state index in [1.807, 2.05) is 26.1 Å². The van der Waals surface area contributed by atoms with Gasteiger partial charge in [0.2, 0.25) is 0 Å². The van der Waals surface area contributed by atoms with Crippen LogP contribution in [0.2, 0.25) is 0 Å². The normalized spacial score (nSPS) is 11.0. The zero-order chi connectivity index (χ0) is 15.6. The lowest BCUT2D eigenvalue weighted by Crippen LogP contribution is -2.21. The van der Waals surface area contributed by atoms with Crippen LogP contribution in [-0.2, 0) is 6.54 Å². The van der Waals surface area contributed by atoms with Crippen LogP contribution in [0.4, 0.5) is 11.6 Å². The summed E-state index contributed by atoms with van der Waals surface area (Å²) in [5, 5.41) is 0. The second kappa shape index (κ2) is 6.43. The Balaban J connectivity index is 2.29. The summed E-state index contributed by atoms with van der Waals surface area (Å²) < 4.78 is 1.08. The first-order valence-electron chi connectivity index (χ1n) is 6.98. The highest BCUT2D eigenvalue weighted by atomic mass is 79.9. The Kier molecular flexibility index (Phi) is 4.83. The van der Waals surface area contributed by atoms with E-state index in [4.69, 9.17) is 5.73 Å². The molecule has 0 aliphatic rings. The van der Waals surface area contributed by atoms with Gasteiger partial charge in [-0.15, -0.1) is 0 Å². The first-order valence-corrected chi connectivity index (χ1v) is 7.77. The molecule has 112 valence electrons. The number of nitrogen functional groups attached to an aromatic ring is 1. The highest BCUT2D eigenvalue weighted by molar-refractivity contribution is 9.10. The molecule has 0 fully saturated rings. The van der Waals surface area contributed by atoms with Gasteiger partial charge >= 0.3 is 0 Å². The first-order chi connectivity index (χ1) is 9.88. The van der Waals surface area contributed by atoms with Crippen LogP contribution >= 0.6 is 15.9 Å². The van der Waals surface area contributed by atoms with Crippen molar-refractivity contribution in [3.05, 3.63) is 45.7 Å². The third-order valence-corrected chi connectivity index (χ3v) is 3.91. The highest BCUT2D eigenvalue weighted by Crippen LogP contribution is 2.24. The average Bonchev–Trinajstić information content (AvgIpc) is 2.43. The molecule has 2 N–H and O–H groups in total. The number of aromatic nitrogens is 2. The quantitative estimate of drug-likeness (QED) is 0.910. The molecule has 1 aromatic carbocycles. The summed E-state index contributed by atoms with van der Waals surface area (Å²) in [5.41, 5.74) is 8.18. The monoisotopic (exact) mass is 348 g/mol. The smallest absolute Gasteiger partial charge is 0.137 e. The van der Waals surface area contributed by atoms with E-state index in [2.05, 4.69) is 56.8 Å². The third-order valence-electron chi connectivity index (χ3n) is 3.39. The molecule has 2 rings (SSSR count). The maximum absolute atomic E-state index is 6.03. The van der Waals surface area contributed by atoms with E-state index in [0.717, 1.165) is 28.2 Å². The number of halogens is 1. The third kappa shape index (κ3) is 3.73. The van der Waals surface area contributed by atoms with Gasteiger partial charge in [-0.2, -0.15) is 0 Å². The molecule has 5 heteroatoms. The van der Waals surface area contributed by atoms with E-state index >= 15 is 0 Å². The second-order valence-electron chi connectivity index (χ2n) is 5.55. The number of hydrogen-bond acceptors (Lipinski definition) is 4. The Morgan fingerprint density at radius 1 is 1.19 bits per heavy atom. The predicted molar refractivity (Wildman–Crippen MR) is 91.5 cm³/mol. The summed E-state index contributed by atoms with van der Waals surface area (Å²) in [7, 11) is 2.03. The van der Waals surface area contributed by atoms with Crippen molar-refractivity contribution in [3.63, 3.8) is 0 Å². The molecule has 1 aromatic heterocycles. The van der Waals surface area contributed by atoms with E-state index in [1.54, 1.807) is 0 Å². The predicted octanol–water partition coefficient (Wildman–Crippen LogP) is 3.89. The molecular formula is C16H21BrN4. The van der Waals surface area contributed by atoms with Crippen molar-refractivity contribution in [1.82, 2.24) is 9.97 Å². The molecule has 0 saturated carbocycles. The number of rotatable bonds is 4. The van der Waals surface area contributed by atoms with Crippen molar-refractivity contribution in [2.45, 2.75) is 33.2 Å². The fourth-order valence-electron chi connectivity index (χ4n) is 2.11. The maximum atomic E-state index is 6.03.